The van der Waals surface area contributed by atoms with E-state index in [4.69, 9.17) is 5.26 Å². The molecule has 94 valence electrons. The number of ketones is 1. The average molecular weight is 249 g/mol. The molecule has 0 bridgehead atoms. The second-order valence-corrected chi connectivity index (χ2v) is 4.60. The molecule has 0 N–H and O–H groups in total. The molecule has 0 atom stereocenters. The van der Waals surface area contributed by atoms with Crippen LogP contribution < -0.4 is 0 Å². The van der Waals surface area contributed by atoms with Crippen molar-refractivity contribution in [2.24, 2.45) is 0 Å². The Morgan fingerprint density at radius 3 is 2.58 bits per heavy atom. The number of carbonyl (C=O) groups is 1. The minimum Gasteiger partial charge on any atom is -0.294 e. The highest BCUT2D eigenvalue weighted by atomic mass is 16.1. The second kappa shape index (κ2) is 5.97. The van der Waals surface area contributed by atoms with Crippen LogP contribution in [-0.4, -0.2) is 5.78 Å². The van der Waals surface area contributed by atoms with Gasteiger partial charge in [-0.15, -0.1) is 0 Å². The Balaban J connectivity index is 2.00. The maximum atomic E-state index is 12.0. The molecule has 2 rings (SSSR count). The van der Waals surface area contributed by atoms with E-state index in [1.165, 1.54) is 0 Å². The number of hydrogen-bond donors (Lipinski definition) is 0. The molecule has 19 heavy (non-hydrogen) atoms. The summed E-state index contributed by atoms with van der Waals surface area (Å²) < 4.78 is 0. The summed E-state index contributed by atoms with van der Waals surface area (Å²) in [6.07, 6.45) is 1.14. The molecule has 0 radical (unpaired) electrons. The van der Waals surface area contributed by atoms with Crippen LogP contribution in [0, 0.1) is 18.3 Å². The van der Waals surface area contributed by atoms with Crippen molar-refractivity contribution in [1.29, 1.82) is 5.26 Å². The molecule has 0 spiro atoms. The van der Waals surface area contributed by atoms with Gasteiger partial charge < -0.3 is 0 Å². The SMILES string of the molecule is Cc1ccc(C(=O)CCc2cccc(C#N)c2)cc1. The number of aryl methyl sites for hydroxylation is 2. The zero-order chi connectivity index (χ0) is 13.7. The molecule has 0 unspecified atom stereocenters. The molecule has 0 amide bonds. The normalized spacial score (nSPS) is 9.89. The molecule has 0 aromatic heterocycles. The summed E-state index contributed by atoms with van der Waals surface area (Å²) in [5.41, 5.74) is 3.57. The van der Waals surface area contributed by atoms with E-state index in [2.05, 4.69) is 6.07 Å². The van der Waals surface area contributed by atoms with Crippen molar-refractivity contribution < 1.29 is 4.79 Å². The fourth-order valence-electron chi connectivity index (χ4n) is 1.94. The van der Waals surface area contributed by atoms with E-state index in [0.29, 0.717) is 18.4 Å². The molecule has 0 aliphatic rings. The number of carbonyl (C=O) groups excluding carboxylic acids is 1. The zero-order valence-corrected chi connectivity index (χ0v) is 10.9. The van der Waals surface area contributed by atoms with Crippen LogP contribution in [-0.2, 0) is 6.42 Å². The Kier molecular flexibility index (Phi) is 4.10. The van der Waals surface area contributed by atoms with Gasteiger partial charge in [0, 0.05) is 12.0 Å². The van der Waals surface area contributed by atoms with Crippen LogP contribution in [0.15, 0.2) is 48.5 Å². The van der Waals surface area contributed by atoms with Crippen LogP contribution in [0.1, 0.15) is 33.5 Å². The van der Waals surface area contributed by atoms with E-state index in [0.717, 1.165) is 16.7 Å². The van der Waals surface area contributed by atoms with Crippen LogP contribution in [0.5, 0.6) is 0 Å². The first-order valence-corrected chi connectivity index (χ1v) is 6.28. The van der Waals surface area contributed by atoms with Gasteiger partial charge in [-0.3, -0.25) is 4.79 Å². The minimum absolute atomic E-state index is 0.141. The van der Waals surface area contributed by atoms with E-state index < -0.39 is 0 Å². The Morgan fingerprint density at radius 1 is 1.16 bits per heavy atom. The molecule has 0 saturated heterocycles. The molecule has 2 aromatic rings. The average Bonchev–Trinajstić information content (AvgIpc) is 2.46. The first-order valence-electron chi connectivity index (χ1n) is 6.28. The van der Waals surface area contributed by atoms with Gasteiger partial charge in [0.25, 0.3) is 0 Å². The van der Waals surface area contributed by atoms with Crippen LogP contribution in [0.25, 0.3) is 0 Å². The minimum atomic E-state index is 0.141. The Labute approximate surface area is 113 Å². The van der Waals surface area contributed by atoms with Crippen LogP contribution >= 0.6 is 0 Å². The summed E-state index contributed by atoms with van der Waals surface area (Å²) >= 11 is 0. The molecule has 0 aliphatic carbocycles. The second-order valence-electron chi connectivity index (χ2n) is 4.60. The maximum Gasteiger partial charge on any atom is 0.163 e. The highest BCUT2D eigenvalue weighted by Crippen LogP contribution is 2.11. The van der Waals surface area contributed by atoms with Crippen molar-refractivity contribution in [2.45, 2.75) is 19.8 Å². The number of benzene rings is 2. The first-order chi connectivity index (χ1) is 9.19. The lowest BCUT2D eigenvalue weighted by atomic mass is 10.0. The fraction of sp³-hybridized carbons (Fsp3) is 0.176. The third-order valence-electron chi connectivity index (χ3n) is 3.07. The standard InChI is InChI=1S/C17H15NO/c1-13-5-8-16(9-6-13)17(19)10-7-14-3-2-4-15(11-14)12-18/h2-6,8-9,11H,7,10H2,1H3. The number of nitrogens with zero attached hydrogens (tertiary/aromatic N) is 1. The Morgan fingerprint density at radius 2 is 1.89 bits per heavy atom. The number of rotatable bonds is 4. The molecule has 2 nitrogen and oxygen atoms in total. The van der Waals surface area contributed by atoms with Crippen molar-refractivity contribution in [3.63, 3.8) is 0 Å². The lowest BCUT2D eigenvalue weighted by Crippen LogP contribution is -2.01. The molecule has 0 heterocycles. The van der Waals surface area contributed by atoms with Crippen molar-refractivity contribution in [2.75, 3.05) is 0 Å². The van der Waals surface area contributed by atoms with Crippen LogP contribution in [0.4, 0.5) is 0 Å². The van der Waals surface area contributed by atoms with Gasteiger partial charge in [0.1, 0.15) is 0 Å². The van der Waals surface area contributed by atoms with Gasteiger partial charge in [-0.2, -0.15) is 5.26 Å². The van der Waals surface area contributed by atoms with Gasteiger partial charge in [0.05, 0.1) is 11.6 Å². The van der Waals surface area contributed by atoms with Gasteiger partial charge in [-0.05, 0) is 31.0 Å². The molecule has 2 heteroatoms. The molecular weight excluding hydrogens is 234 g/mol. The van der Waals surface area contributed by atoms with Gasteiger partial charge in [-0.25, -0.2) is 0 Å². The van der Waals surface area contributed by atoms with Gasteiger partial charge in [0.2, 0.25) is 0 Å². The highest BCUT2D eigenvalue weighted by molar-refractivity contribution is 5.96. The van der Waals surface area contributed by atoms with Gasteiger partial charge in [0.15, 0.2) is 5.78 Å². The first kappa shape index (κ1) is 13.0. The maximum absolute atomic E-state index is 12.0. The molecule has 0 aliphatic heterocycles. The van der Waals surface area contributed by atoms with Crippen LogP contribution in [0.3, 0.4) is 0 Å². The van der Waals surface area contributed by atoms with Crippen molar-refractivity contribution in [1.82, 2.24) is 0 Å². The topological polar surface area (TPSA) is 40.9 Å². The van der Waals surface area contributed by atoms with Gasteiger partial charge in [-0.1, -0.05) is 42.0 Å². The molecular formula is C17H15NO. The summed E-state index contributed by atoms with van der Waals surface area (Å²) in [6, 6.07) is 17.1. The van der Waals surface area contributed by atoms with E-state index in [-0.39, 0.29) is 5.78 Å². The summed E-state index contributed by atoms with van der Waals surface area (Å²) in [4.78, 5) is 12.0. The molecule has 2 aromatic carbocycles. The number of Topliss-reactive ketones (excluding diaryl/α,β-unsaturated/α-hetero) is 1. The summed E-state index contributed by atoms with van der Waals surface area (Å²) in [5, 5.41) is 8.83. The van der Waals surface area contributed by atoms with E-state index in [9.17, 15) is 4.79 Å². The Hall–Kier alpha value is -2.40. The third kappa shape index (κ3) is 3.53. The largest absolute Gasteiger partial charge is 0.294 e. The van der Waals surface area contributed by atoms with Gasteiger partial charge >= 0.3 is 0 Å². The Bertz CT molecular complexity index is 620. The van der Waals surface area contributed by atoms with Crippen LogP contribution in [0.2, 0.25) is 0 Å². The lowest BCUT2D eigenvalue weighted by Gasteiger charge is -2.03. The van der Waals surface area contributed by atoms with E-state index in [1.807, 2.05) is 49.4 Å². The highest BCUT2D eigenvalue weighted by Gasteiger charge is 2.06. The number of nitriles is 1. The van der Waals surface area contributed by atoms with Crippen molar-refractivity contribution in [3.05, 3.63) is 70.8 Å². The van der Waals surface area contributed by atoms with E-state index in [1.54, 1.807) is 6.07 Å². The summed E-state index contributed by atoms with van der Waals surface area (Å²) in [5.74, 6) is 0.141. The predicted molar refractivity (Wildman–Crippen MR) is 75.0 cm³/mol. The molecule has 0 saturated carbocycles. The number of hydrogen-bond acceptors (Lipinski definition) is 2. The summed E-state index contributed by atoms with van der Waals surface area (Å²) in [6.45, 7) is 2.00. The smallest absolute Gasteiger partial charge is 0.163 e. The predicted octanol–water partition coefficient (Wildman–Crippen LogP) is 3.68. The summed E-state index contributed by atoms with van der Waals surface area (Å²) in [7, 11) is 0. The van der Waals surface area contributed by atoms with Crippen molar-refractivity contribution >= 4 is 5.78 Å². The van der Waals surface area contributed by atoms with Crippen molar-refractivity contribution in [3.8, 4) is 6.07 Å². The molecule has 0 fully saturated rings. The van der Waals surface area contributed by atoms with E-state index >= 15 is 0 Å². The quantitative estimate of drug-likeness (QED) is 0.775. The third-order valence-corrected chi connectivity index (χ3v) is 3.07. The zero-order valence-electron chi connectivity index (χ0n) is 10.9. The monoisotopic (exact) mass is 249 g/mol. The fourth-order valence-corrected chi connectivity index (χ4v) is 1.94. The lowest BCUT2D eigenvalue weighted by molar-refractivity contribution is 0.0983.